The standard InChI is InChI=1S/C12H21N3O4/c1-3-8(6-11(17)18)14-12(19)15(2)7-10(16)13-9-4-5-9/h8-9H,3-7H2,1-2H3,(H,13,16)(H,14,19)(H,17,18). The first-order valence-corrected chi connectivity index (χ1v) is 6.45. The molecule has 19 heavy (non-hydrogen) atoms. The molecule has 1 saturated carbocycles. The summed E-state index contributed by atoms with van der Waals surface area (Å²) in [6.07, 6.45) is 2.40. The summed E-state index contributed by atoms with van der Waals surface area (Å²) in [4.78, 5) is 35.1. The summed E-state index contributed by atoms with van der Waals surface area (Å²) >= 11 is 0. The summed E-state index contributed by atoms with van der Waals surface area (Å²) < 4.78 is 0. The summed E-state index contributed by atoms with van der Waals surface area (Å²) in [6.45, 7) is 1.78. The summed E-state index contributed by atoms with van der Waals surface area (Å²) in [6, 6.07) is -0.586. The van der Waals surface area contributed by atoms with Crippen LogP contribution in [0.2, 0.25) is 0 Å². The molecule has 0 bridgehead atoms. The highest BCUT2D eigenvalue weighted by molar-refractivity contribution is 5.84. The third kappa shape index (κ3) is 6.08. The van der Waals surface area contributed by atoms with Gasteiger partial charge in [-0.25, -0.2) is 4.79 Å². The number of carboxylic acid groups (broad SMARTS) is 1. The molecule has 0 radical (unpaired) electrons. The number of nitrogens with zero attached hydrogens (tertiary/aromatic N) is 1. The predicted molar refractivity (Wildman–Crippen MR) is 68.7 cm³/mol. The Kier molecular flexibility index (Phi) is 5.59. The number of hydrogen-bond acceptors (Lipinski definition) is 3. The molecule has 0 aromatic heterocycles. The van der Waals surface area contributed by atoms with E-state index >= 15 is 0 Å². The molecule has 1 aliphatic carbocycles. The van der Waals surface area contributed by atoms with Crippen molar-refractivity contribution in [2.75, 3.05) is 13.6 Å². The number of urea groups is 1. The van der Waals surface area contributed by atoms with Gasteiger partial charge < -0.3 is 20.6 Å². The number of aliphatic carboxylic acids is 1. The second-order valence-corrected chi connectivity index (χ2v) is 4.85. The topological polar surface area (TPSA) is 98.7 Å². The van der Waals surface area contributed by atoms with E-state index in [1.807, 2.05) is 0 Å². The van der Waals surface area contributed by atoms with Gasteiger partial charge in [-0.1, -0.05) is 6.92 Å². The van der Waals surface area contributed by atoms with Crippen LogP contribution in [-0.2, 0) is 9.59 Å². The Morgan fingerprint density at radius 1 is 1.37 bits per heavy atom. The van der Waals surface area contributed by atoms with Crippen molar-refractivity contribution in [2.24, 2.45) is 0 Å². The molecule has 1 unspecified atom stereocenters. The zero-order valence-electron chi connectivity index (χ0n) is 11.3. The zero-order chi connectivity index (χ0) is 14.4. The SMILES string of the molecule is CCC(CC(=O)O)NC(=O)N(C)CC(=O)NC1CC1. The van der Waals surface area contributed by atoms with E-state index in [2.05, 4.69) is 10.6 Å². The Labute approximate surface area is 112 Å². The van der Waals surface area contributed by atoms with E-state index in [0.29, 0.717) is 6.42 Å². The molecular formula is C12H21N3O4. The van der Waals surface area contributed by atoms with Crippen molar-refractivity contribution >= 4 is 17.9 Å². The van der Waals surface area contributed by atoms with Crippen molar-refractivity contribution in [3.63, 3.8) is 0 Å². The zero-order valence-corrected chi connectivity index (χ0v) is 11.3. The van der Waals surface area contributed by atoms with Crippen LogP contribution < -0.4 is 10.6 Å². The van der Waals surface area contributed by atoms with Crippen molar-refractivity contribution in [1.29, 1.82) is 0 Å². The lowest BCUT2D eigenvalue weighted by molar-refractivity contribution is -0.137. The van der Waals surface area contributed by atoms with E-state index in [0.717, 1.165) is 12.8 Å². The first-order chi connectivity index (χ1) is 8.92. The predicted octanol–water partition coefficient (Wildman–Crippen LogP) is 0.160. The highest BCUT2D eigenvalue weighted by Gasteiger charge is 2.24. The maximum atomic E-state index is 11.8. The lowest BCUT2D eigenvalue weighted by atomic mass is 10.1. The second-order valence-electron chi connectivity index (χ2n) is 4.85. The molecule has 0 heterocycles. The van der Waals surface area contributed by atoms with Crippen LogP contribution in [0.15, 0.2) is 0 Å². The fourth-order valence-electron chi connectivity index (χ4n) is 1.58. The number of carbonyl (C=O) groups excluding carboxylic acids is 2. The van der Waals surface area contributed by atoms with Gasteiger partial charge in [-0.15, -0.1) is 0 Å². The third-order valence-electron chi connectivity index (χ3n) is 2.91. The normalized spacial score (nSPS) is 15.5. The molecule has 7 heteroatoms. The molecular weight excluding hydrogens is 250 g/mol. The fourth-order valence-corrected chi connectivity index (χ4v) is 1.58. The van der Waals surface area contributed by atoms with Crippen LogP contribution in [0.3, 0.4) is 0 Å². The van der Waals surface area contributed by atoms with Crippen molar-refractivity contribution in [2.45, 2.75) is 44.7 Å². The van der Waals surface area contributed by atoms with E-state index in [9.17, 15) is 14.4 Å². The van der Waals surface area contributed by atoms with E-state index in [-0.39, 0.29) is 24.9 Å². The van der Waals surface area contributed by atoms with Crippen LogP contribution >= 0.6 is 0 Å². The monoisotopic (exact) mass is 271 g/mol. The first-order valence-electron chi connectivity index (χ1n) is 6.45. The van der Waals surface area contributed by atoms with Gasteiger partial charge in [0.05, 0.1) is 6.42 Å². The first kappa shape index (κ1) is 15.3. The minimum Gasteiger partial charge on any atom is -0.481 e. The Morgan fingerprint density at radius 2 is 2.00 bits per heavy atom. The van der Waals surface area contributed by atoms with Crippen molar-refractivity contribution in [1.82, 2.24) is 15.5 Å². The van der Waals surface area contributed by atoms with E-state index < -0.39 is 18.0 Å². The van der Waals surface area contributed by atoms with Gasteiger partial charge in [-0.05, 0) is 19.3 Å². The minimum atomic E-state index is -0.957. The van der Waals surface area contributed by atoms with Gasteiger partial charge in [0.2, 0.25) is 5.91 Å². The molecule has 0 aliphatic heterocycles. The van der Waals surface area contributed by atoms with Gasteiger partial charge in [-0.2, -0.15) is 0 Å². The Balaban J connectivity index is 2.33. The molecule has 3 N–H and O–H groups in total. The average Bonchev–Trinajstić information content (AvgIpc) is 3.10. The molecule has 1 atom stereocenters. The van der Waals surface area contributed by atoms with Crippen LogP contribution in [0.1, 0.15) is 32.6 Å². The van der Waals surface area contributed by atoms with Crippen LogP contribution in [0.5, 0.6) is 0 Å². The van der Waals surface area contributed by atoms with Gasteiger partial charge in [0.15, 0.2) is 0 Å². The maximum Gasteiger partial charge on any atom is 0.317 e. The average molecular weight is 271 g/mol. The smallest absolute Gasteiger partial charge is 0.317 e. The number of likely N-dealkylation sites (N-methyl/N-ethyl adjacent to an activating group) is 1. The fraction of sp³-hybridized carbons (Fsp3) is 0.750. The molecule has 1 aliphatic rings. The van der Waals surface area contributed by atoms with Crippen molar-refractivity contribution in [3.05, 3.63) is 0 Å². The second kappa shape index (κ2) is 6.96. The highest BCUT2D eigenvalue weighted by atomic mass is 16.4. The lowest BCUT2D eigenvalue weighted by Crippen LogP contribution is -2.47. The third-order valence-corrected chi connectivity index (χ3v) is 2.91. The lowest BCUT2D eigenvalue weighted by Gasteiger charge is -2.21. The van der Waals surface area contributed by atoms with Gasteiger partial charge in [-0.3, -0.25) is 9.59 Å². The number of carboxylic acids is 1. The largest absolute Gasteiger partial charge is 0.481 e. The van der Waals surface area contributed by atoms with Crippen LogP contribution in [0.25, 0.3) is 0 Å². The number of nitrogens with one attached hydrogen (secondary N) is 2. The summed E-state index contributed by atoms with van der Waals surface area (Å²) in [5.74, 6) is -1.15. The summed E-state index contributed by atoms with van der Waals surface area (Å²) in [5, 5.41) is 14.1. The quantitative estimate of drug-likeness (QED) is 0.614. The summed E-state index contributed by atoms with van der Waals surface area (Å²) in [7, 11) is 1.51. The number of carbonyl (C=O) groups is 3. The Hall–Kier alpha value is -1.79. The van der Waals surface area contributed by atoms with Crippen molar-refractivity contribution in [3.8, 4) is 0 Å². The van der Waals surface area contributed by atoms with Crippen LogP contribution in [0.4, 0.5) is 4.79 Å². The van der Waals surface area contributed by atoms with E-state index in [1.165, 1.54) is 11.9 Å². The molecule has 3 amide bonds. The number of rotatable bonds is 7. The van der Waals surface area contributed by atoms with E-state index in [1.54, 1.807) is 6.92 Å². The van der Waals surface area contributed by atoms with Gasteiger partial charge in [0.25, 0.3) is 0 Å². The van der Waals surface area contributed by atoms with Crippen LogP contribution in [-0.4, -0.2) is 53.6 Å². The molecule has 0 aromatic rings. The molecule has 0 aromatic carbocycles. The molecule has 0 saturated heterocycles. The highest BCUT2D eigenvalue weighted by Crippen LogP contribution is 2.18. The van der Waals surface area contributed by atoms with Gasteiger partial charge in [0.1, 0.15) is 6.54 Å². The molecule has 108 valence electrons. The number of amides is 3. The molecule has 7 nitrogen and oxygen atoms in total. The minimum absolute atomic E-state index is 0.0220. The Bertz CT molecular complexity index is 355. The maximum absolute atomic E-state index is 11.8. The molecule has 1 fully saturated rings. The number of hydrogen-bond donors (Lipinski definition) is 3. The van der Waals surface area contributed by atoms with Gasteiger partial charge >= 0.3 is 12.0 Å². The van der Waals surface area contributed by atoms with Gasteiger partial charge in [0, 0.05) is 19.1 Å². The van der Waals surface area contributed by atoms with E-state index in [4.69, 9.17) is 5.11 Å². The Morgan fingerprint density at radius 3 is 2.47 bits per heavy atom. The van der Waals surface area contributed by atoms with Crippen molar-refractivity contribution < 1.29 is 19.5 Å². The molecule has 0 spiro atoms. The summed E-state index contributed by atoms with van der Waals surface area (Å²) in [5.41, 5.74) is 0. The van der Waals surface area contributed by atoms with Crippen LogP contribution in [0, 0.1) is 0 Å². The molecule has 1 rings (SSSR count).